The molecule has 70 valence electrons. The van der Waals surface area contributed by atoms with Crippen molar-refractivity contribution >= 4 is 0 Å². The molecule has 1 heterocycles. The Labute approximate surface area is 75.2 Å². The Hall–Kier alpha value is -1.49. The number of aliphatic hydroxyl groups is 1. The van der Waals surface area contributed by atoms with Gasteiger partial charge in [0.2, 0.25) is 6.04 Å². The van der Waals surface area contributed by atoms with E-state index in [1.807, 2.05) is 0 Å². The van der Waals surface area contributed by atoms with E-state index in [9.17, 15) is 15.2 Å². The van der Waals surface area contributed by atoms with Crippen LogP contribution in [0.15, 0.2) is 24.5 Å². The zero-order valence-electron chi connectivity index (χ0n) is 7.12. The van der Waals surface area contributed by atoms with Gasteiger partial charge in [0.05, 0.1) is 0 Å². The highest BCUT2D eigenvalue weighted by Gasteiger charge is 2.25. The molecule has 0 saturated carbocycles. The number of pyridine rings is 1. The lowest BCUT2D eigenvalue weighted by atomic mass is 10.1. The largest absolute Gasteiger partial charge is 0.381 e. The van der Waals surface area contributed by atoms with Gasteiger partial charge in [-0.15, -0.1) is 0 Å². The molecule has 0 radical (unpaired) electrons. The van der Waals surface area contributed by atoms with Crippen molar-refractivity contribution in [3.05, 3.63) is 40.2 Å². The number of aromatic nitrogens is 1. The first kappa shape index (κ1) is 9.60. The van der Waals surface area contributed by atoms with Crippen molar-refractivity contribution in [2.75, 3.05) is 0 Å². The Bertz CT molecular complexity index is 289. The van der Waals surface area contributed by atoms with Crippen molar-refractivity contribution in [1.29, 1.82) is 0 Å². The van der Waals surface area contributed by atoms with E-state index in [1.54, 1.807) is 12.1 Å². The smallest absolute Gasteiger partial charge is 0.239 e. The maximum absolute atomic E-state index is 10.3. The lowest BCUT2D eigenvalue weighted by molar-refractivity contribution is -0.531. The second-order valence-electron chi connectivity index (χ2n) is 2.75. The van der Waals surface area contributed by atoms with Crippen LogP contribution in [0.5, 0.6) is 0 Å². The monoisotopic (exact) mass is 182 g/mol. The van der Waals surface area contributed by atoms with Crippen LogP contribution in [0.4, 0.5) is 0 Å². The highest BCUT2D eigenvalue weighted by Crippen LogP contribution is 2.16. The summed E-state index contributed by atoms with van der Waals surface area (Å²) in [6.45, 7) is 1.37. The van der Waals surface area contributed by atoms with Crippen molar-refractivity contribution in [1.82, 2.24) is 4.98 Å². The SMILES string of the molecule is C[C@H]([C@@H](O)c1ccncc1)[N+](=O)[O-]. The number of nitrogens with zero attached hydrogens (tertiary/aromatic N) is 2. The van der Waals surface area contributed by atoms with Gasteiger partial charge in [0.1, 0.15) is 6.10 Å². The molecule has 0 aliphatic carbocycles. The van der Waals surface area contributed by atoms with E-state index in [2.05, 4.69) is 4.98 Å². The van der Waals surface area contributed by atoms with Gasteiger partial charge in [-0.25, -0.2) is 0 Å². The maximum atomic E-state index is 10.3. The summed E-state index contributed by atoms with van der Waals surface area (Å²) in [6.07, 6.45) is 1.91. The molecule has 2 atom stereocenters. The molecular weight excluding hydrogens is 172 g/mol. The summed E-state index contributed by atoms with van der Waals surface area (Å²) in [5.74, 6) is 0. The molecule has 0 aromatic carbocycles. The van der Waals surface area contributed by atoms with Gasteiger partial charge in [-0.2, -0.15) is 0 Å². The fourth-order valence-corrected chi connectivity index (χ4v) is 0.954. The lowest BCUT2D eigenvalue weighted by Crippen LogP contribution is -2.23. The third-order valence-corrected chi connectivity index (χ3v) is 1.84. The topological polar surface area (TPSA) is 76.3 Å². The molecule has 1 rings (SSSR count). The summed E-state index contributed by atoms with van der Waals surface area (Å²) in [5, 5.41) is 19.8. The Morgan fingerprint density at radius 3 is 2.54 bits per heavy atom. The van der Waals surface area contributed by atoms with Gasteiger partial charge >= 0.3 is 0 Å². The number of rotatable bonds is 3. The Morgan fingerprint density at radius 2 is 2.08 bits per heavy atom. The Morgan fingerprint density at radius 1 is 1.54 bits per heavy atom. The molecule has 0 fully saturated rings. The summed E-state index contributed by atoms with van der Waals surface area (Å²) in [6, 6.07) is 2.12. The van der Waals surface area contributed by atoms with E-state index in [1.165, 1.54) is 19.3 Å². The van der Waals surface area contributed by atoms with Crippen molar-refractivity contribution < 1.29 is 10.0 Å². The maximum Gasteiger partial charge on any atom is 0.239 e. The van der Waals surface area contributed by atoms with Gasteiger partial charge in [0.15, 0.2) is 0 Å². The van der Waals surface area contributed by atoms with Crippen LogP contribution in [0.1, 0.15) is 18.6 Å². The number of hydrogen-bond acceptors (Lipinski definition) is 4. The zero-order chi connectivity index (χ0) is 9.84. The first-order valence-electron chi connectivity index (χ1n) is 3.84. The number of nitro groups is 1. The Balaban J connectivity index is 2.79. The molecule has 1 aromatic heterocycles. The fourth-order valence-electron chi connectivity index (χ4n) is 0.954. The molecule has 0 spiro atoms. The molecule has 1 aromatic rings. The van der Waals surface area contributed by atoms with Gasteiger partial charge in [-0.3, -0.25) is 15.1 Å². The molecule has 0 amide bonds. The van der Waals surface area contributed by atoms with Crippen molar-refractivity contribution in [3.8, 4) is 0 Å². The average Bonchev–Trinajstić information content (AvgIpc) is 2.17. The number of hydrogen-bond donors (Lipinski definition) is 1. The highest BCUT2D eigenvalue weighted by molar-refractivity contribution is 5.13. The molecular formula is C8H10N2O3. The van der Waals surface area contributed by atoms with Crippen LogP contribution in [0.2, 0.25) is 0 Å². The fraction of sp³-hybridized carbons (Fsp3) is 0.375. The highest BCUT2D eigenvalue weighted by atomic mass is 16.6. The summed E-state index contributed by atoms with van der Waals surface area (Å²) in [5.41, 5.74) is 0.513. The van der Waals surface area contributed by atoms with Crippen LogP contribution in [-0.2, 0) is 0 Å². The second kappa shape index (κ2) is 3.95. The van der Waals surface area contributed by atoms with Gasteiger partial charge in [0, 0.05) is 24.2 Å². The van der Waals surface area contributed by atoms with Crippen molar-refractivity contribution in [2.45, 2.75) is 19.1 Å². The number of aliphatic hydroxyl groups excluding tert-OH is 1. The molecule has 0 unspecified atom stereocenters. The first-order chi connectivity index (χ1) is 6.13. The van der Waals surface area contributed by atoms with E-state index in [0.29, 0.717) is 5.56 Å². The molecule has 0 aliphatic heterocycles. The minimum absolute atomic E-state index is 0.509. The molecule has 0 aliphatic rings. The van der Waals surface area contributed by atoms with E-state index >= 15 is 0 Å². The van der Waals surface area contributed by atoms with Crippen molar-refractivity contribution in [3.63, 3.8) is 0 Å². The van der Waals surface area contributed by atoms with Crippen LogP contribution in [0.3, 0.4) is 0 Å². The van der Waals surface area contributed by atoms with E-state index in [0.717, 1.165) is 0 Å². The van der Waals surface area contributed by atoms with Crippen LogP contribution < -0.4 is 0 Å². The van der Waals surface area contributed by atoms with Crippen LogP contribution >= 0.6 is 0 Å². The van der Waals surface area contributed by atoms with Crippen LogP contribution in [0.25, 0.3) is 0 Å². The third-order valence-electron chi connectivity index (χ3n) is 1.84. The van der Waals surface area contributed by atoms with Gasteiger partial charge < -0.3 is 5.11 Å². The molecule has 13 heavy (non-hydrogen) atoms. The quantitative estimate of drug-likeness (QED) is 0.553. The summed E-state index contributed by atoms with van der Waals surface area (Å²) < 4.78 is 0. The predicted octanol–water partition coefficient (Wildman–Crippen LogP) is 0.780. The minimum atomic E-state index is -1.07. The minimum Gasteiger partial charge on any atom is -0.381 e. The standard InChI is InChI=1S/C8H10N2O3/c1-6(10(12)13)8(11)7-2-4-9-5-3-7/h2-6,8,11H,1H3/t6-,8-/m1/s1. The van der Waals surface area contributed by atoms with Gasteiger partial charge in [-0.1, -0.05) is 0 Å². The predicted molar refractivity (Wildman–Crippen MR) is 45.7 cm³/mol. The summed E-state index contributed by atoms with van der Waals surface area (Å²) in [7, 11) is 0. The average molecular weight is 182 g/mol. The normalized spacial score (nSPS) is 14.9. The molecule has 5 nitrogen and oxygen atoms in total. The van der Waals surface area contributed by atoms with E-state index in [-0.39, 0.29) is 0 Å². The van der Waals surface area contributed by atoms with Gasteiger partial charge in [0.25, 0.3) is 0 Å². The first-order valence-corrected chi connectivity index (χ1v) is 3.84. The van der Waals surface area contributed by atoms with Crippen LogP contribution in [-0.4, -0.2) is 21.1 Å². The third kappa shape index (κ3) is 2.22. The van der Waals surface area contributed by atoms with Crippen LogP contribution in [0, 0.1) is 10.1 Å². The Kier molecular flexibility index (Phi) is 2.92. The molecule has 0 bridgehead atoms. The molecule has 0 saturated heterocycles. The van der Waals surface area contributed by atoms with Crippen molar-refractivity contribution in [2.24, 2.45) is 0 Å². The summed E-state index contributed by atoms with van der Waals surface area (Å²) in [4.78, 5) is 13.6. The van der Waals surface area contributed by atoms with E-state index in [4.69, 9.17) is 0 Å². The zero-order valence-corrected chi connectivity index (χ0v) is 7.12. The van der Waals surface area contributed by atoms with Gasteiger partial charge in [-0.05, 0) is 17.7 Å². The lowest BCUT2D eigenvalue weighted by Gasteiger charge is -2.11. The van der Waals surface area contributed by atoms with E-state index < -0.39 is 17.1 Å². The molecule has 1 N–H and O–H groups in total. The second-order valence-corrected chi connectivity index (χ2v) is 2.75. The molecule has 5 heteroatoms. The summed E-state index contributed by atoms with van der Waals surface area (Å²) >= 11 is 0.